The third kappa shape index (κ3) is 7.42. The molecule has 5 nitrogen and oxygen atoms in total. The van der Waals surface area contributed by atoms with Crippen molar-refractivity contribution in [3.63, 3.8) is 0 Å². The molecule has 5 heteroatoms. The van der Waals surface area contributed by atoms with Crippen LogP contribution in [0.5, 0.6) is 5.75 Å². The fourth-order valence-electron chi connectivity index (χ4n) is 3.32. The van der Waals surface area contributed by atoms with Crippen LogP contribution in [0.2, 0.25) is 0 Å². The summed E-state index contributed by atoms with van der Waals surface area (Å²) < 4.78 is 5.87. The Balaban J connectivity index is 2.21. The summed E-state index contributed by atoms with van der Waals surface area (Å²) in [6.07, 6.45) is 0.533. The largest absolute Gasteiger partial charge is 0.483 e. The van der Waals surface area contributed by atoms with Gasteiger partial charge in [0.2, 0.25) is 5.91 Å². The highest BCUT2D eigenvalue weighted by Crippen LogP contribution is 2.20. The number of rotatable bonds is 10. The minimum Gasteiger partial charge on any atom is -0.483 e. The molecular formula is C26H36N2O3. The van der Waals surface area contributed by atoms with Crippen LogP contribution in [0.1, 0.15) is 49.4 Å². The molecule has 2 aromatic carbocycles. The van der Waals surface area contributed by atoms with E-state index in [0.717, 1.165) is 22.3 Å². The van der Waals surface area contributed by atoms with E-state index in [9.17, 15) is 9.59 Å². The number of carbonyl (C=O) groups excluding carboxylic acids is 2. The molecule has 0 aliphatic heterocycles. The Hall–Kier alpha value is -2.82. The lowest BCUT2D eigenvalue weighted by molar-refractivity contribution is -0.143. The lowest BCUT2D eigenvalue weighted by Crippen LogP contribution is -2.50. The molecule has 0 unspecified atom stereocenters. The van der Waals surface area contributed by atoms with Gasteiger partial charge in [0.25, 0.3) is 5.91 Å². The maximum Gasteiger partial charge on any atom is 0.261 e. The van der Waals surface area contributed by atoms with E-state index in [1.165, 1.54) is 0 Å². The van der Waals surface area contributed by atoms with Crippen molar-refractivity contribution in [2.75, 3.05) is 13.2 Å². The molecule has 2 rings (SSSR count). The summed E-state index contributed by atoms with van der Waals surface area (Å²) in [5.74, 6) is 0.715. The summed E-state index contributed by atoms with van der Waals surface area (Å²) >= 11 is 0. The minimum absolute atomic E-state index is 0.107. The number of hydrogen-bond acceptors (Lipinski definition) is 3. The van der Waals surface area contributed by atoms with E-state index >= 15 is 0 Å². The molecule has 0 saturated carbocycles. The second-order valence-electron chi connectivity index (χ2n) is 8.63. The number of hydrogen-bond donors (Lipinski definition) is 1. The molecule has 0 aromatic heterocycles. The second kappa shape index (κ2) is 11.5. The monoisotopic (exact) mass is 424 g/mol. The molecule has 0 aliphatic carbocycles. The highest BCUT2D eigenvalue weighted by atomic mass is 16.5. The standard InChI is InChI=1S/C26H36N2O3/c1-7-23(26(30)27-15-18(2)3)28(16-22-12-9-19(4)10-13-22)25(29)17-31-24-14-20(5)8-11-21(24)6/h8-14,18,23H,7,15-17H2,1-6H3,(H,27,30)/t23-/m1/s1. The smallest absolute Gasteiger partial charge is 0.261 e. The van der Waals surface area contributed by atoms with Crippen LogP contribution in [-0.4, -0.2) is 35.9 Å². The molecule has 1 atom stereocenters. The zero-order valence-electron chi connectivity index (χ0n) is 19.7. The van der Waals surface area contributed by atoms with E-state index in [4.69, 9.17) is 4.74 Å². The molecule has 0 radical (unpaired) electrons. The Morgan fingerprint density at radius 1 is 1.00 bits per heavy atom. The molecular weight excluding hydrogens is 388 g/mol. The quantitative estimate of drug-likeness (QED) is 0.608. The Morgan fingerprint density at radius 2 is 1.65 bits per heavy atom. The van der Waals surface area contributed by atoms with Gasteiger partial charge in [-0.25, -0.2) is 0 Å². The van der Waals surface area contributed by atoms with Crippen LogP contribution in [-0.2, 0) is 16.1 Å². The van der Waals surface area contributed by atoms with Crippen molar-refractivity contribution >= 4 is 11.8 Å². The molecule has 0 aliphatic rings. The van der Waals surface area contributed by atoms with Gasteiger partial charge in [-0.1, -0.05) is 62.7 Å². The Morgan fingerprint density at radius 3 is 2.26 bits per heavy atom. The van der Waals surface area contributed by atoms with Crippen molar-refractivity contribution in [2.45, 2.75) is 60.5 Å². The molecule has 0 saturated heterocycles. The zero-order valence-corrected chi connectivity index (χ0v) is 19.7. The van der Waals surface area contributed by atoms with E-state index in [1.54, 1.807) is 4.90 Å². The van der Waals surface area contributed by atoms with Crippen LogP contribution in [0.3, 0.4) is 0 Å². The predicted octanol–water partition coefficient (Wildman–Crippen LogP) is 4.57. The molecule has 2 aromatic rings. The molecule has 168 valence electrons. The molecule has 2 amide bonds. The second-order valence-corrected chi connectivity index (χ2v) is 8.63. The van der Waals surface area contributed by atoms with Gasteiger partial charge in [0.15, 0.2) is 6.61 Å². The summed E-state index contributed by atoms with van der Waals surface area (Å²) in [7, 11) is 0. The lowest BCUT2D eigenvalue weighted by atomic mass is 10.1. The van der Waals surface area contributed by atoms with Gasteiger partial charge < -0.3 is 15.0 Å². The van der Waals surface area contributed by atoms with E-state index in [-0.39, 0.29) is 18.4 Å². The van der Waals surface area contributed by atoms with Gasteiger partial charge in [-0.3, -0.25) is 9.59 Å². The van der Waals surface area contributed by atoms with Gasteiger partial charge in [0.1, 0.15) is 11.8 Å². The van der Waals surface area contributed by atoms with Crippen molar-refractivity contribution < 1.29 is 14.3 Å². The number of aryl methyl sites for hydroxylation is 3. The van der Waals surface area contributed by atoms with Crippen LogP contribution < -0.4 is 10.1 Å². The maximum atomic E-state index is 13.2. The average molecular weight is 425 g/mol. The van der Waals surface area contributed by atoms with Crippen LogP contribution in [0.4, 0.5) is 0 Å². The summed E-state index contributed by atoms with van der Waals surface area (Å²) in [6.45, 7) is 12.8. The van der Waals surface area contributed by atoms with Gasteiger partial charge >= 0.3 is 0 Å². The fourth-order valence-corrected chi connectivity index (χ4v) is 3.32. The highest BCUT2D eigenvalue weighted by Gasteiger charge is 2.29. The van der Waals surface area contributed by atoms with Gasteiger partial charge in [-0.05, 0) is 55.9 Å². The van der Waals surface area contributed by atoms with Gasteiger partial charge in [-0.2, -0.15) is 0 Å². The number of amides is 2. The summed E-state index contributed by atoms with van der Waals surface area (Å²) in [4.78, 5) is 27.8. The third-order valence-electron chi connectivity index (χ3n) is 5.24. The predicted molar refractivity (Wildman–Crippen MR) is 125 cm³/mol. The first-order chi connectivity index (χ1) is 14.7. The van der Waals surface area contributed by atoms with E-state index in [2.05, 4.69) is 19.2 Å². The van der Waals surface area contributed by atoms with Crippen molar-refractivity contribution in [1.29, 1.82) is 0 Å². The Bertz CT molecular complexity index is 875. The SMILES string of the molecule is CC[C@H](C(=O)NCC(C)C)N(Cc1ccc(C)cc1)C(=O)COc1cc(C)ccc1C. The molecule has 0 bridgehead atoms. The molecule has 31 heavy (non-hydrogen) atoms. The third-order valence-corrected chi connectivity index (χ3v) is 5.24. The maximum absolute atomic E-state index is 13.2. The number of benzene rings is 2. The molecule has 1 N–H and O–H groups in total. The Kier molecular flexibility index (Phi) is 9.10. The number of ether oxygens (including phenoxy) is 1. The van der Waals surface area contributed by atoms with Crippen LogP contribution >= 0.6 is 0 Å². The van der Waals surface area contributed by atoms with Crippen molar-refractivity contribution in [3.05, 3.63) is 64.7 Å². The average Bonchev–Trinajstić information content (AvgIpc) is 2.73. The summed E-state index contributed by atoms with van der Waals surface area (Å²) in [5, 5.41) is 2.98. The van der Waals surface area contributed by atoms with Crippen molar-refractivity contribution in [3.8, 4) is 5.75 Å². The highest BCUT2D eigenvalue weighted by molar-refractivity contribution is 5.88. The number of nitrogens with one attached hydrogen (secondary N) is 1. The number of nitrogens with zero attached hydrogens (tertiary/aromatic N) is 1. The first-order valence-corrected chi connectivity index (χ1v) is 11.0. The van der Waals surface area contributed by atoms with Crippen molar-refractivity contribution in [2.24, 2.45) is 5.92 Å². The lowest BCUT2D eigenvalue weighted by Gasteiger charge is -2.31. The topological polar surface area (TPSA) is 58.6 Å². The summed E-state index contributed by atoms with van der Waals surface area (Å²) in [6, 6.07) is 13.4. The van der Waals surface area contributed by atoms with E-state index in [0.29, 0.717) is 31.2 Å². The van der Waals surface area contributed by atoms with Gasteiger partial charge in [0, 0.05) is 13.1 Å². The first-order valence-electron chi connectivity index (χ1n) is 11.0. The molecule has 0 heterocycles. The molecule has 0 fully saturated rings. The van der Waals surface area contributed by atoms with Gasteiger partial charge in [-0.15, -0.1) is 0 Å². The van der Waals surface area contributed by atoms with Crippen molar-refractivity contribution in [1.82, 2.24) is 10.2 Å². The molecule has 0 spiro atoms. The fraction of sp³-hybridized carbons (Fsp3) is 0.462. The van der Waals surface area contributed by atoms with E-state index < -0.39 is 6.04 Å². The normalized spacial score (nSPS) is 11.8. The summed E-state index contributed by atoms with van der Waals surface area (Å²) in [5.41, 5.74) is 4.19. The Labute approximate surface area is 186 Å². The van der Waals surface area contributed by atoms with E-state index in [1.807, 2.05) is 70.2 Å². The number of carbonyl (C=O) groups is 2. The van der Waals surface area contributed by atoms with Crippen LogP contribution in [0.25, 0.3) is 0 Å². The van der Waals surface area contributed by atoms with Gasteiger partial charge in [0.05, 0.1) is 0 Å². The van der Waals surface area contributed by atoms with Crippen LogP contribution in [0, 0.1) is 26.7 Å². The zero-order chi connectivity index (χ0) is 23.0. The first kappa shape index (κ1) is 24.4. The minimum atomic E-state index is -0.547. The van der Waals surface area contributed by atoms with Crippen LogP contribution in [0.15, 0.2) is 42.5 Å².